The predicted molar refractivity (Wildman–Crippen MR) is 104 cm³/mol. The lowest BCUT2D eigenvalue weighted by Gasteiger charge is -2.35. The second-order valence-electron chi connectivity index (χ2n) is 6.56. The monoisotopic (exact) mass is 367 g/mol. The average molecular weight is 367 g/mol. The van der Waals surface area contributed by atoms with Crippen molar-refractivity contribution in [2.75, 3.05) is 18.4 Å². The first-order valence-corrected chi connectivity index (χ1v) is 9.25. The van der Waals surface area contributed by atoms with Gasteiger partial charge in [-0.3, -0.25) is 4.98 Å². The summed E-state index contributed by atoms with van der Waals surface area (Å²) in [6.07, 6.45) is 6.36. The lowest BCUT2D eigenvalue weighted by atomic mass is 10.0. The van der Waals surface area contributed by atoms with Gasteiger partial charge in [0.25, 0.3) is 0 Å². The van der Waals surface area contributed by atoms with E-state index in [9.17, 15) is 9.59 Å². The molecule has 0 spiro atoms. The van der Waals surface area contributed by atoms with Crippen LogP contribution in [0.1, 0.15) is 24.8 Å². The minimum atomic E-state index is -0.262. The highest BCUT2D eigenvalue weighted by molar-refractivity contribution is 5.89. The SMILES string of the molecule is O=C(NC[C@@H]1CCCCN1C(=O)NCc1cccnc1)Nc1ccccc1. The number of carbonyl (C=O) groups excluding carboxylic acids is 2. The number of aromatic nitrogens is 1. The van der Waals surface area contributed by atoms with Gasteiger partial charge in [0.1, 0.15) is 0 Å². The molecule has 142 valence electrons. The minimum Gasteiger partial charge on any atom is -0.336 e. The second-order valence-corrected chi connectivity index (χ2v) is 6.56. The van der Waals surface area contributed by atoms with Gasteiger partial charge in [-0.05, 0) is 43.0 Å². The van der Waals surface area contributed by atoms with Crippen LogP contribution in [0.15, 0.2) is 54.9 Å². The van der Waals surface area contributed by atoms with Crippen molar-refractivity contribution in [1.29, 1.82) is 0 Å². The molecule has 0 saturated carbocycles. The molecule has 3 N–H and O–H groups in total. The van der Waals surface area contributed by atoms with Crippen LogP contribution >= 0.6 is 0 Å². The van der Waals surface area contributed by atoms with Crippen LogP contribution in [0, 0.1) is 0 Å². The highest BCUT2D eigenvalue weighted by Gasteiger charge is 2.26. The molecule has 1 saturated heterocycles. The highest BCUT2D eigenvalue weighted by Crippen LogP contribution is 2.17. The number of nitrogens with zero attached hydrogens (tertiary/aromatic N) is 2. The number of piperidine rings is 1. The molecule has 1 aromatic heterocycles. The largest absolute Gasteiger partial charge is 0.336 e. The van der Waals surface area contributed by atoms with E-state index in [-0.39, 0.29) is 18.1 Å². The third kappa shape index (κ3) is 5.70. The smallest absolute Gasteiger partial charge is 0.319 e. The zero-order valence-corrected chi connectivity index (χ0v) is 15.2. The van der Waals surface area contributed by atoms with Crippen molar-refractivity contribution >= 4 is 17.7 Å². The van der Waals surface area contributed by atoms with Gasteiger partial charge >= 0.3 is 12.1 Å². The Balaban J connectivity index is 1.49. The van der Waals surface area contributed by atoms with Gasteiger partial charge in [0, 0.05) is 37.7 Å². The van der Waals surface area contributed by atoms with Crippen molar-refractivity contribution in [3.05, 3.63) is 60.4 Å². The number of hydrogen-bond donors (Lipinski definition) is 3. The fourth-order valence-corrected chi connectivity index (χ4v) is 3.17. The topological polar surface area (TPSA) is 86.4 Å². The number of rotatable bonds is 5. The molecule has 1 aliphatic heterocycles. The van der Waals surface area contributed by atoms with Crippen LogP contribution in [-0.2, 0) is 6.54 Å². The first kappa shape index (κ1) is 18.7. The molecule has 2 heterocycles. The second kappa shape index (κ2) is 9.56. The Labute approximate surface area is 159 Å². The summed E-state index contributed by atoms with van der Waals surface area (Å²) in [4.78, 5) is 30.6. The van der Waals surface area contributed by atoms with Crippen molar-refractivity contribution in [1.82, 2.24) is 20.5 Å². The molecule has 1 aliphatic rings. The summed E-state index contributed by atoms with van der Waals surface area (Å²) >= 11 is 0. The number of hydrogen-bond acceptors (Lipinski definition) is 3. The number of amides is 4. The third-order valence-corrected chi connectivity index (χ3v) is 4.58. The zero-order chi connectivity index (χ0) is 18.9. The van der Waals surface area contributed by atoms with Crippen molar-refractivity contribution in [2.24, 2.45) is 0 Å². The fourth-order valence-electron chi connectivity index (χ4n) is 3.17. The van der Waals surface area contributed by atoms with E-state index >= 15 is 0 Å². The Bertz CT molecular complexity index is 739. The number of nitrogens with one attached hydrogen (secondary N) is 3. The molecule has 0 unspecified atom stereocenters. The first-order chi connectivity index (χ1) is 13.2. The summed E-state index contributed by atoms with van der Waals surface area (Å²) in [5, 5.41) is 8.62. The standard InChI is InChI=1S/C20H25N5O2/c26-19(24-17-8-2-1-3-9-17)22-15-18-10-4-5-12-25(18)20(27)23-14-16-7-6-11-21-13-16/h1-3,6-9,11,13,18H,4-5,10,12,14-15H2,(H,23,27)(H2,22,24,26)/t18-/m0/s1. The van der Waals surface area contributed by atoms with Crippen LogP contribution in [0.25, 0.3) is 0 Å². The molecule has 3 rings (SSSR count). The van der Waals surface area contributed by atoms with Crippen LogP contribution in [-0.4, -0.2) is 41.1 Å². The van der Waals surface area contributed by atoms with E-state index < -0.39 is 0 Å². The molecule has 0 bridgehead atoms. The number of benzene rings is 1. The molecule has 0 aliphatic carbocycles. The maximum atomic E-state index is 12.6. The summed E-state index contributed by atoms with van der Waals surface area (Å²) in [6.45, 7) is 1.57. The van der Waals surface area contributed by atoms with Crippen molar-refractivity contribution in [3.63, 3.8) is 0 Å². The lowest BCUT2D eigenvalue weighted by molar-refractivity contribution is 0.149. The van der Waals surface area contributed by atoms with Crippen LogP contribution in [0.3, 0.4) is 0 Å². The Morgan fingerprint density at radius 2 is 1.93 bits per heavy atom. The molecule has 1 fully saturated rings. The quantitative estimate of drug-likeness (QED) is 0.759. The number of pyridine rings is 1. The summed E-state index contributed by atoms with van der Waals surface area (Å²) < 4.78 is 0. The van der Waals surface area contributed by atoms with Gasteiger partial charge in [-0.2, -0.15) is 0 Å². The summed E-state index contributed by atoms with van der Waals surface area (Å²) in [5.41, 5.74) is 1.70. The van der Waals surface area contributed by atoms with E-state index in [0.717, 1.165) is 30.5 Å². The number of carbonyl (C=O) groups is 2. The molecule has 1 aromatic carbocycles. The van der Waals surface area contributed by atoms with E-state index in [2.05, 4.69) is 20.9 Å². The lowest BCUT2D eigenvalue weighted by Crippen LogP contribution is -2.53. The maximum absolute atomic E-state index is 12.6. The number of urea groups is 2. The van der Waals surface area contributed by atoms with Crippen molar-refractivity contribution in [3.8, 4) is 0 Å². The van der Waals surface area contributed by atoms with E-state index in [0.29, 0.717) is 19.6 Å². The van der Waals surface area contributed by atoms with Crippen LogP contribution < -0.4 is 16.0 Å². The van der Waals surface area contributed by atoms with Gasteiger partial charge in [-0.25, -0.2) is 9.59 Å². The summed E-state index contributed by atoms with van der Waals surface area (Å²) in [6, 6.07) is 12.7. The third-order valence-electron chi connectivity index (χ3n) is 4.58. The van der Waals surface area contributed by atoms with Gasteiger partial charge in [0.05, 0.1) is 6.04 Å². The van der Waals surface area contributed by atoms with E-state index in [1.165, 1.54) is 0 Å². The van der Waals surface area contributed by atoms with Gasteiger partial charge < -0.3 is 20.9 Å². The average Bonchev–Trinajstić information content (AvgIpc) is 2.72. The molecule has 4 amide bonds. The zero-order valence-electron chi connectivity index (χ0n) is 15.2. The van der Waals surface area contributed by atoms with Gasteiger partial charge in [0.15, 0.2) is 0 Å². The molecule has 7 heteroatoms. The number of likely N-dealkylation sites (tertiary alicyclic amines) is 1. The minimum absolute atomic E-state index is 0.00540. The summed E-state index contributed by atoms with van der Waals surface area (Å²) in [5.74, 6) is 0. The Hall–Kier alpha value is -3.09. The normalized spacial score (nSPS) is 16.4. The molecular formula is C20H25N5O2. The Kier molecular flexibility index (Phi) is 6.62. The molecular weight excluding hydrogens is 342 g/mol. The highest BCUT2D eigenvalue weighted by atomic mass is 16.2. The van der Waals surface area contributed by atoms with E-state index in [1.807, 2.05) is 47.4 Å². The van der Waals surface area contributed by atoms with Gasteiger partial charge in [-0.1, -0.05) is 24.3 Å². The van der Waals surface area contributed by atoms with Gasteiger partial charge in [-0.15, -0.1) is 0 Å². The first-order valence-electron chi connectivity index (χ1n) is 9.25. The van der Waals surface area contributed by atoms with E-state index in [1.54, 1.807) is 12.4 Å². The molecule has 7 nitrogen and oxygen atoms in total. The van der Waals surface area contributed by atoms with Gasteiger partial charge in [0.2, 0.25) is 0 Å². The number of anilines is 1. The van der Waals surface area contributed by atoms with Crippen molar-refractivity contribution < 1.29 is 9.59 Å². The van der Waals surface area contributed by atoms with Crippen LogP contribution in [0.4, 0.5) is 15.3 Å². The molecule has 1 atom stereocenters. The Morgan fingerprint density at radius 3 is 2.70 bits per heavy atom. The van der Waals surface area contributed by atoms with Crippen molar-refractivity contribution in [2.45, 2.75) is 31.8 Å². The number of para-hydroxylation sites is 1. The fraction of sp³-hybridized carbons (Fsp3) is 0.350. The maximum Gasteiger partial charge on any atom is 0.319 e. The molecule has 27 heavy (non-hydrogen) atoms. The van der Waals surface area contributed by atoms with Crippen LogP contribution in [0.5, 0.6) is 0 Å². The summed E-state index contributed by atoms with van der Waals surface area (Å²) in [7, 11) is 0. The predicted octanol–water partition coefficient (Wildman–Crippen LogP) is 2.97. The molecule has 2 aromatic rings. The van der Waals surface area contributed by atoms with Crippen LogP contribution in [0.2, 0.25) is 0 Å². The van der Waals surface area contributed by atoms with E-state index in [4.69, 9.17) is 0 Å². The molecule has 0 radical (unpaired) electrons. The Morgan fingerprint density at radius 1 is 1.07 bits per heavy atom.